The maximum atomic E-state index is 8.82. The Hall–Kier alpha value is -0.590. The van der Waals surface area contributed by atoms with Gasteiger partial charge in [-0.25, -0.2) is 0 Å². The molecule has 72 valence electrons. The van der Waals surface area contributed by atoms with Gasteiger partial charge in [0.25, 0.3) is 0 Å². The van der Waals surface area contributed by atoms with Crippen LogP contribution in [0.2, 0.25) is 0 Å². The third-order valence-corrected chi connectivity index (χ3v) is 3.63. The van der Waals surface area contributed by atoms with Gasteiger partial charge in [-0.1, -0.05) is 0 Å². The molecule has 13 heavy (non-hydrogen) atoms. The largest absolute Gasteiger partial charge is 0.353 e. The Kier molecular flexibility index (Phi) is 2.05. The quantitative estimate of drug-likeness (QED) is 0.652. The maximum absolute atomic E-state index is 8.82. The fourth-order valence-corrected chi connectivity index (χ4v) is 2.91. The molecule has 0 aromatic rings. The normalized spacial score (nSPS) is 43.1. The summed E-state index contributed by atoms with van der Waals surface area (Å²) >= 11 is 0. The molecule has 0 radical (unpaired) electrons. The minimum atomic E-state index is -0.428. The number of hydrogen-bond donors (Lipinski definition) is 0. The molecule has 3 nitrogen and oxygen atoms in total. The minimum Gasteiger partial charge on any atom is -0.353 e. The second-order valence-corrected chi connectivity index (χ2v) is 4.02. The molecule has 0 aromatic carbocycles. The lowest BCUT2D eigenvalue weighted by molar-refractivity contribution is -0.230. The first-order chi connectivity index (χ1) is 6.29. The third kappa shape index (κ3) is 1.02. The van der Waals surface area contributed by atoms with Crippen molar-refractivity contribution >= 4 is 0 Å². The summed E-state index contributed by atoms with van der Waals surface area (Å²) in [5.74, 6) is -0.428. The highest BCUT2D eigenvalue weighted by atomic mass is 16.7. The van der Waals surface area contributed by atoms with E-state index < -0.39 is 5.79 Å². The van der Waals surface area contributed by atoms with Crippen LogP contribution in [-0.4, -0.2) is 19.5 Å². The molecule has 2 rings (SSSR count). The van der Waals surface area contributed by atoms with Crippen molar-refractivity contribution in [1.82, 2.24) is 0 Å². The van der Waals surface area contributed by atoms with Crippen LogP contribution in [0.3, 0.4) is 0 Å². The van der Waals surface area contributed by atoms with Crippen LogP contribution in [0.5, 0.6) is 0 Å². The number of fused-ring (bicyclic) bond motifs is 1. The highest BCUT2D eigenvalue weighted by molar-refractivity contribution is 5.06. The summed E-state index contributed by atoms with van der Waals surface area (Å²) in [6, 6.07) is 2.27. The van der Waals surface area contributed by atoms with E-state index in [4.69, 9.17) is 14.7 Å². The van der Waals surface area contributed by atoms with Gasteiger partial charge >= 0.3 is 0 Å². The van der Waals surface area contributed by atoms with Gasteiger partial charge in [0.1, 0.15) is 0 Å². The first kappa shape index (κ1) is 8.98. The van der Waals surface area contributed by atoms with E-state index in [-0.39, 0.29) is 5.41 Å². The molecular formula is C10H15NO2. The van der Waals surface area contributed by atoms with E-state index in [2.05, 4.69) is 6.07 Å². The van der Waals surface area contributed by atoms with Gasteiger partial charge < -0.3 is 9.47 Å². The molecular weight excluding hydrogens is 166 g/mol. The Morgan fingerprint density at radius 3 is 3.00 bits per heavy atom. The van der Waals surface area contributed by atoms with Gasteiger partial charge in [-0.3, -0.25) is 0 Å². The lowest BCUT2D eigenvalue weighted by Gasteiger charge is -2.36. The summed E-state index contributed by atoms with van der Waals surface area (Å²) in [7, 11) is 1.70. The van der Waals surface area contributed by atoms with Gasteiger partial charge in [-0.05, 0) is 19.3 Å². The van der Waals surface area contributed by atoms with Crippen LogP contribution in [-0.2, 0) is 9.47 Å². The highest BCUT2D eigenvalue weighted by Gasteiger charge is 2.59. The smallest absolute Gasteiger partial charge is 0.174 e. The predicted molar refractivity (Wildman–Crippen MR) is 46.8 cm³/mol. The molecule has 0 spiro atoms. The summed E-state index contributed by atoms with van der Waals surface area (Å²) in [5.41, 5.74) is -0.00347. The minimum absolute atomic E-state index is 0.00347. The van der Waals surface area contributed by atoms with Crippen LogP contribution in [0.25, 0.3) is 0 Å². The van der Waals surface area contributed by atoms with E-state index in [0.29, 0.717) is 6.42 Å². The fourth-order valence-electron chi connectivity index (χ4n) is 2.91. The molecule has 0 N–H and O–H groups in total. The van der Waals surface area contributed by atoms with Crippen LogP contribution >= 0.6 is 0 Å². The van der Waals surface area contributed by atoms with Crippen LogP contribution in [0, 0.1) is 16.7 Å². The topological polar surface area (TPSA) is 42.2 Å². The molecule has 0 amide bonds. The Morgan fingerprint density at radius 1 is 1.46 bits per heavy atom. The molecule has 2 atom stereocenters. The zero-order valence-electron chi connectivity index (χ0n) is 8.01. The van der Waals surface area contributed by atoms with Crippen molar-refractivity contribution in [1.29, 1.82) is 5.26 Å². The van der Waals surface area contributed by atoms with E-state index in [0.717, 1.165) is 32.3 Å². The number of nitriles is 1. The van der Waals surface area contributed by atoms with Crippen molar-refractivity contribution < 1.29 is 9.47 Å². The number of methoxy groups -OCH3 is 1. The Morgan fingerprint density at radius 2 is 2.31 bits per heavy atom. The van der Waals surface area contributed by atoms with Gasteiger partial charge in [-0.15, -0.1) is 0 Å². The average Bonchev–Trinajstić information content (AvgIpc) is 2.59. The second-order valence-electron chi connectivity index (χ2n) is 4.02. The lowest BCUT2D eigenvalue weighted by atomic mass is 9.78. The van der Waals surface area contributed by atoms with Gasteiger partial charge in [0.2, 0.25) is 0 Å². The summed E-state index contributed by atoms with van der Waals surface area (Å²) in [4.78, 5) is 0. The van der Waals surface area contributed by atoms with Crippen LogP contribution in [0.4, 0.5) is 0 Å². The van der Waals surface area contributed by atoms with E-state index in [9.17, 15) is 0 Å². The van der Waals surface area contributed by atoms with Crippen molar-refractivity contribution in [2.24, 2.45) is 5.41 Å². The predicted octanol–water partition coefficient (Wildman–Crippen LogP) is 1.83. The molecule has 1 aliphatic heterocycles. The lowest BCUT2D eigenvalue weighted by Crippen LogP contribution is -2.42. The van der Waals surface area contributed by atoms with Gasteiger partial charge in [-0.2, -0.15) is 5.26 Å². The molecule has 2 aliphatic rings. The molecule has 3 heteroatoms. The summed E-state index contributed by atoms with van der Waals surface area (Å²) in [6.45, 7) is 0.746. The van der Waals surface area contributed by atoms with Crippen LogP contribution in [0.15, 0.2) is 0 Å². The second kappa shape index (κ2) is 2.97. The van der Waals surface area contributed by atoms with Crippen molar-refractivity contribution in [2.45, 2.75) is 37.9 Å². The van der Waals surface area contributed by atoms with Crippen molar-refractivity contribution in [3.05, 3.63) is 0 Å². The van der Waals surface area contributed by atoms with Crippen molar-refractivity contribution in [3.8, 4) is 6.07 Å². The number of rotatable bonds is 2. The Balaban J connectivity index is 2.29. The molecule has 1 heterocycles. The standard InChI is InChI=1S/C10H15NO2/c1-12-10-4-2-3-9(10,5-7-11)6-8-13-10/h2-6,8H2,1H3. The van der Waals surface area contributed by atoms with Gasteiger partial charge in [0.05, 0.1) is 12.7 Å². The molecule has 0 bridgehead atoms. The first-order valence-corrected chi connectivity index (χ1v) is 4.85. The SMILES string of the molecule is COC12CCCC1(CC#N)CCO2. The number of ether oxygens (including phenoxy) is 2. The number of nitrogens with zero attached hydrogens (tertiary/aromatic N) is 1. The summed E-state index contributed by atoms with van der Waals surface area (Å²) in [5, 5.41) is 8.82. The summed E-state index contributed by atoms with van der Waals surface area (Å²) in [6.07, 6.45) is 4.70. The van der Waals surface area contributed by atoms with E-state index >= 15 is 0 Å². The molecule has 1 saturated carbocycles. The van der Waals surface area contributed by atoms with Gasteiger partial charge in [0.15, 0.2) is 5.79 Å². The molecule has 2 unspecified atom stereocenters. The highest BCUT2D eigenvalue weighted by Crippen LogP contribution is 2.57. The van der Waals surface area contributed by atoms with E-state index in [1.807, 2.05) is 0 Å². The zero-order chi connectivity index (χ0) is 9.36. The van der Waals surface area contributed by atoms with Crippen LogP contribution < -0.4 is 0 Å². The molecule has 0 aromatic heterocycles. The fraction of sp³-hybridized carbons (Fsp3) is 0.900. The number of hydrogen-bond acceptors (Lipinski definition) is 3. The van der Waals surface area contributed by atoms with E-state index in [1.165, 1.54) is 0 Å². The Bertz CT molecular complexity index is 234. The first-order valence-electron chi connectivity index (χ1n) is 4.85. The third-order valence-electron chi connectivity index (χ3n) is 3.63. The van der Waals surface area contributed by atoms with Crippen molar-refractivity contribution in [2.75, 3.05) is 13.7 Å². The zero-order valence-corrected chi connectivity index (χ0v) is 8.01. The average molecular weight is 181 g/mol. The molecule has 1 saturated heterocycles. The van der Waals surface area contributed by atoms with Crippen LogP contribution in [0.1, 0.15) is 32.1 Å². The monoisotopic (exact) mass is 181 g/mol. The van der Waals surface area contributed by atoms with Gasteiger partial charge in [0, 0.05) is 25.4 Å². The van der Waals surface area contributed by atoms with Crippen molar-refractivity contribution in [3.63, 3.8) is 0 Å². The summed E-state index contributed by atoms with van der Waals surface area (Å²) < 4.78 is 11.2. The maximum Gasteiger partial charge on any atom is 0.174 e. The van der Waals surface area contributed by atoms with E-state index in [1.54, 1.807) is 7.11 Å². The molecule has 1 aliphatic carbocycles. The Labute approximate surface area is 78.6 Å². The molecule has 2 fully saturated rings.